The van der Waals surface area contributed by atoms with Crippen LogP contribution in [0.15, 0.2) is 36.9 Å². The molecule has 0 fully saturated rings. The molecule has 0 unspecified atom stereocenters. The van der Waals surface area contributed by atoms with E-state index in [0.717, 1.165) is 10.9 Å². The predicted octanol–water partition coefficient (Wildman–Crippen LogP) is 1.92. The molecule has 3 heteroatoms. The second-order valence-electron chi connectivity index (χ2n) is 4.03. The first-order valence-corrected chi connectivity index (χ1v) is 5.24. The third kappa shape index (κ3) is 1.25. The van der Waals surface area contributed by atoms with Crippen molar-refractivity contribution in [3.63, 3.8) is 0 Å². The van der Waals surface area contributed by atoms with Crippen LogP contribution < -0.4 is 4.57 Å². The van der Waals surface area contributed by atoms with Gasteiger partial charge in [0.2, 0.25) is 0 Å². The first-order chi connectivity index (χ1) is 7.75. The molecular weight excluding hydrogens is 198 g/mol. The SMILES string of the molecule is Cc1c2cc3cncnc3cc2cc[n+]1C. The standard InChI is InChI=1S/C13H12N3/c1-9-12-5-11-7-14-8-15-13(11)6-10(12)3-4-16(9)2/h3-8H,1-2H3/q+1. The van der Waals surface area contributed by atoms with Crippen LogP contribution in [0.1, 0.15) is 5.69 Å². The summed E-state index contributed by atoms with van der Waals surface area (Å²) in [6, 6.07) is 6.38. The van der Waals surface area contributed by atoms with Crippen molar-refractivity contribution in [3.8, 4) is 0 Å². The number of hydrogen-bond acceptors (Lipinski definition) is 2. The van der Waals surface area contributed by atoms with E-state index >= 15 is 0 Å². The number of rotatable bonds is 0. The summed E-state index contributed by atoms with van der Waals surface area (Å²) in [4.78, 5) is 8.32. The summed E-state index contributed by atoms with van der Waals surface area (Å²) < 4.78 is 2.12. The van der Waals surface area contributed by atoms with Crippen LogP contribution in [0.5, 0.6) is 0 Å². The molecule has 16 heavy (non-hydrogen) atoms. The molecule has 0 N–H and O–H groups in total. The van der Waals surface area contributed by atoms with Gasteiger partial charge in [-0.3, -0.25) is 0 Å². The lowest BCUT2D eigenvalue weighted by molar-refractivity contribution is -0.676. The number of aryl methyl sites for hydroxylation is 2. The molecule has 2 heterocycles. The number of aromatic nitrogens is 3. The molecule has 0 aliphatic carbocycles. The Bertz CT molecular complexity index is 689. The molecule has 3 rings (SSSR count). The minimum atomic E-state index is 0.996. The maximum atomic E-state index is 4.27. The van der Waals surface area contributed by atoms with E-state index in [9.17, 15) is 0 Å². The van der Waals surface area contributed by atoms with Gasteiger partial charge >= 0.3 is 0 Å². The van der Waals surface area contributed by atoms with Crippen molar-refractivity contribution < 1.29 is 4.57 Å². The van der Waals surface area contributed by atoms with Crippen molar-refractivity contribution in [2.45, 2.75) is 6.92 Å². The Hall–Kier alpha value is -2.03. The summed E-state index contributed by atoms with van der Waals surface area (Å²) in [5, 5.41) is 3.57. The minimum absolute atomic E-state index is 0.996. The zero-order valence-electron chi connectivity index (χ0n) is 9.31. The maximum Gasteiger partial charge on any atom is 0.185 e. The van der Waals surface area contributed by atoms with E-state index < -0.39 is 0 Å². The highest BCUT2D eigenvalue weighted by Crippen LogP contribution is 2.21. The van der Waals surface area contributed by atoms with E-state index in [1.54, 1.807) is 6.33 Å². The zero-order valence-corrected chi connectivity index (χ0v) is 9.31. The number of nitrogens with zero attached hydrogens (tertiary/aromatic N) is 3. The topological polar surface area (TPSA) is 29.7 Å². The van der Waals surface area contributed by atoms with E-state index in [0.29, 0.717) is 0 Å². The predicted molar refractivity (Wildman–Crippen MR) is 63.0 cm³/mol. The molecule has 0 atom stereocenters. The lowest BCUT2D eigenvalue weighted by atomic mass is 10.1. The van der Waals surface area contributed by atoms with Gasteiger partial charge in [-0.15, -0.1) is 0 Å². The van der Waals surface area contributed by atoms with Crippen molar-refractivity contribution in [2.75, 3.05) is 0 Å². The van der Waals surface area contributed by atoms with Gasteiger partial charge in [-0.05, 0) is 17.5 Å². The summed E-state index contributed by atoms with van der Waals surface area (Å²) in [6.07, 6.45) is 5.52. The number of hydrogen-bond donors (Lipinski definition) is 0. The normalized spacial score (nSPS) is 11.1. The fraction of sp³-hybridized carbons (Fsp3) is 0.154. The van der Waals surface area contributed by atoms with Crippen molar-refractivity contribution in [3.05, 3.63) is 42.6 Å². The molecular formula is C13H12N3+. The van der Waals surface area contributed by atoms with Crippen LogP contribution in [0.4, 0.5) is 0 Å². The highest BCUT2D eigenvalue weighted by Gasteiger charge is 2.08. The fourth-order valence-electron chi connectivity index (χ4n) is 1.99. The Morgan fingerprint density at radius 3 is 2.94 bits per heavy atom. The molecule has 1 aromatic carbocycles. The van der Waals surface area contributed by atoms with E-state index in [1.165, 1.54) is 16.5 Å². The van der Waals surface area contributed by atoms with Gasteiger partial charge in [-0.25, -0.2) is 14.5 Å². The summed E-state index contributed by atoms with van der Waals surface area (Å²) in [5.41, 5.74) is 2.25. The molecule has 0 spiro atoms. The Kier molecular flexibility index (Phi) is 1.86. The molecule has 78 valence electrons. The highest BCUT2D eigenvalue weighted by molar-refractivity contribution is 5.96. The van der Waals surface area contributed by atoms with Gasteiger partial charge in [-0.1, -0.05) is 0 Å². The number of fused-ring (bicyclic) bond motifs is 2. The monoisotopic (exact) mass is 210 g/mol. The van der Waals surface area contributed by atoms with Gasteiger partial charge in [0.25, 0.3) is 0 Å². The average molecular weight is 210 g/mol. The maximum absolute atomic E-state index is 4.27. The van der Waals surface area contributed by atoms with E-state index in [1.807, 2.05) is 6.20 Å². The van der Waals surface area contributed by atoms with Crippen LogP contribution >= 0.6 is 0 Å². The third-order valence-corrected chi connectivity index (χ3v) is 3.07. The second-order valence-corrected chi connectivity index (χ2v) is 4.03. The Balaban J connectivity index is 2.51. The van der Waals surface area contributed by atoms with Crippen molar-refractivity contribution in [1.29, 1.82) is 0 Å². The zero-order chi connectivity index (χ0) is 11.1. The Morgan fingerprint density at radius 2 is 2.06 bits per heavy atom. The fourth-order valence-corrected chi connectivity index (χ4v) is 1.99. The van der Waals surface area contributed by atoms with E-state index in [4.69, 9.17) is 0 Å². The van der Waals surface area contributed by atoms with Crippen molar-refractivity contribution in [1.82, 2.24) is 9.97 Å². The van der Waals surface area contributed by atoms with Crippen LogP contribution in [-0.2, 0) is 7.05 Å². The first kappa shape index (κ1) is 9.21. The average Bonchev–Trinajstić information content (AvgIpc) is 2.32. The highest BCUT2D eigenvalue weighted by atomic mass is 14.9. The lowest BCUT2D eigenvalue weighted by Crippen LogP contribution is -2.31. The van der Waals surface area contributed by atoms with Gasteiger partial charge < -0.3 is 0 Å². The summed E-state index contributed by atoms with van der Waals surface area (Å²) in [7, 11) is 2.06. The van der Waals surface area contributed by atoms with Crippen LogP contribution in [0.25, 0.3) is 21.7 Å². The smallest absolute Gasteiger partial charge is 0.185 e. The van der Waals surface area contributed by atoms with Gasteiger partial charge in [-0.2, -0.15) is 0 Å². The lowest BCUT2D eigenvalue weighted by Gasteiger charge is -2.02. The second kappa shape index (κ2) is 3.23. The van der Waals surface area contributed by atoms with Crippen LogP contribution in [0.2, 0.25) is 0 Å². The molecule has 0 amide bonds. The minimum Gasteiger partial charge on any atom is -0.244 e. The summed E-state index contributed by atoms with van der Waals surface area (Å²) in [6.45, 7) is 2.12. The molecule has 2 aromatic heterocycles. The van der Waals surface area contributed by atoms with Gasteiger partial charge in [0.1, 0.15) is 13.4 Å². The summed E-state index contributed by atoms with van der Waals surface area (Å²) >= 11 is 0. The van der Waals surface area contributed by atoms with Crippen LogP contribution in [-0.4, -0.2) is 9.97 Å². The molecule has 0 aliphatic rings. The van der Waals surface area contributed by atoms with E-state index in [2.05, 4.69) is 52.9 Å². The molecule has 0 saturated carbocycles. The molecule has 0 aliphatic heterocycles. The van der Waals surface area contributed by atoms with Gasteiger partial charge in [0.15, 0.2) is 11.9 Å². The molecule has 3 nitrogen and oxygen atoms in total. The first-order valence-electron chi connectivity index (χ1n) is 5.24. The van der Waals surface area contributed by atoms with Crippen LogP contribution in [0, 0.1) is 6.92 Å². The van der Waals surface area contributed by atoms with Crippen molar-refractivity contribution >= 4 is 21.7 Å². The number of pyridine rings is 1. The third-order valence-electron chi connectivity index (χ3n) is 3.07. The van der Waals surface area contributed by atoms with Crippen LogP contribution in [0.3, 0.4) is 0 Å². The largest absolute Gasteiger partial charge is 0.244 e. The molecule has 0 radical (unpaired) electrons. The molecule has 0 bridgehead atoms. The van der Waals surface area contributed by atoms with Crippen molar-refractivity contribution in [2.24, 2.45) is 7.05 Å². The van der Waals surface area contributed by atoms with E-state index in [-0.39, 0.29) is 0 Å². The quantitative estimate of drug-likeness (QED) is 0.419. The van der Waals surface area contributed by atoms with Gasteiger partial charge in [0, 0.05) is 30.0 Å². The van der Waals surface area contributed by atoms with Gasteiger partial charge in [0.05, 0.1) is 5.52 Å². The number of benzene rings is 1. The molecule has 0 saturated heterocycles. The Labute approximate surface area is 93.4 Å². The molecule has 3 aromatic rings. The Morgan fingerprint density at radius 1 is 1.19 bits per heavy atom. The summed E-state index contributed by atoms with van der Waals surface area (Å²) in [5.74, 6) is 0.